The SMILES string of the molecule is COc1ccc(CCNC(=O)Cc2cc[nH]c2)cc1. The summed E-state index contributed by atoms with van der Waals surface area (Å²) < 4.78 is 5.10. The molecule has 0 radical (unpaired) electrons. The van der Waals surface area contributed by atoms with Gasteiger partial charge in [-0.3, -0.25) is 4.79 Å². The standard InChI is InChI=1S/C15H18N2O2/c1-19-14-4-2-12(3-5-14)7-9-17-15(18)10-13-6-8-16-11-13/h2-6,8,11,16H,7,9-10H2,1H3,(H,17,18). The molecule has 0 aliphatic rings. The fourth-order valence-corrected chi connectivity index (χ4v) is 1.85. The molecule has 0 atom stereocenters. The number of aromatic nitrogens is 1. The topological polar surface area (TPSA) is 54.1 Å². The Morgan fingerprint density at radius 3 is 2.63 bits per heavy atom. The molecule has 1 heterocycles. The molecule has 2 rings (SSSR count). The molecule has 2 aromatic rings. The third-order valence-electron chi connectivity index (χ3n) is 2.92. The molecule has 0 saturated carbocycles. The van der Waals surface area contributed by atoms with Crippen molar-refractivity contribution in [3.05, 3.63) is 53.9 Å². The number of carbonyl (C=O) groups excluding carboxylic acids is 1. The maximum Gasteiger partial charge on any atom is 0.224 e. The van der Waals surface area contributed by atoms with Crippen LogP contribution in [-0.4, -0.2) is 24.5 Å². The van der Waals surface area contributed by atoms with Crippen LogP contribution < -0.4 is 10.1 Å². The first-order valence-electron chi connectivity index (χ1n) is 6.29. The van der Waals surface area contributed by atoms with Crippen molar-refractivity contribution in [2.75, 3.05) is 13.7 Å². The lowest BCUT2D eigenvalue weighted by molar-refractivity contribution is -0.120. The predicted octanol–water partition coefficient (Wildman–Crippen LogP) is 1.92. The number of benzene rings is 1. The van der Waals surface area contributed by atoms with Gasteiger partial charge in [-0.25, -0.2) is 0 Å². The number of hydrogen-bond donors (Lipinski definition) is 2. The first-order chi connectivity index (χ1) is 9.28. The number of rotatable bonds is 6. The predicted molar refractivity (Wildman–Crippen MR) is 74.2 cm³/mol. The summed E-state index contributed by atoms with van der Waals surface area (Å²) in [4.78, 5) is 14.6. The van der Waals surface area contributed by atoms with Gasteiger partial charge < -0.3 is 15.0 Å². The summed E-state index contributed by atoms with van der Waals surface area (Å²) in [7, 11) is 1.65. The Morgan fingerprint density at radius 1 is 1.21 bits per heavy atom. The summed E-state index contributed by atoms with van der Waals surface area (Å²) in [6.07, 6.45) is 4.90. The van der Waals surface area contributed by atoms with Crippen LogP contribution in [0.2, 0.25) is 0 Å². The lowest BCUT2D eigenvalue weighted by Gasteiger charge is -2.05. The molecule has 19 heavy (non-hydrogen) atoms. The third kappa shape index (κ3) is 4.17. The van der Waals surface area contributed by atoms with Crippen LogP contribution in [0.15, 0.2) is 42.7 Å². The van der Waals surface area contributed by atoms with Crippen molar-refractivity contribution in [1.29, 1.82) is 0 Å². The zero-order valence-electron chi connectivity index (χ0n) is 11.0. The molecule has 2 N–H and O–H groups in total. The highest BCUT2D eigenvalue weighted by molar-refractivity contribution is 5.78. The van der Waals surface area contributed by atoms with E-state index in [1.54, 1.807) is 7.11 Å². The number of hydrogen-bond acceptors (Lipinski definition) is 2. The number of carbonyl (C=O) groups is 1. The van der Waals surface area contributed by atoms with Gasteiger partial charge in [-0.2, -0.15) is 0 Å². The molecule has 100 valence electrons. The van der Waals surface area contributed by atoms with Crippen molar-refractivity contribution in [1.82, 2.24) is 10.3 Å². The number of H-pyrrole nitrogens is 1. The van der Waals surface area contributed by atoms with Gasteiger partial charge in [-0.15, -0.1) is 0 Å². The molecule has 0 aliphatic carbocycles. The van der Waals surface area contributed by atoms with E-state index in [1.165, 1.54) is 5.56 Å². The van der Waals surface area contributed by atoms with Crippen LogP contribution in [0.25, 0.3) is 0 Å². The summed E-state index contributed by atoms with van der Waals surface area (Å²) >= 11 is 0. The molecule has 1 aromatic carbocycles. The molecule has 0 aliphatic heterocycles. The van der Waals surface area contributed by atoms with Crippen LogP contribution in [0.4, 0.5) is 0 Å². The van der Waals surface area contributed by atoms with Crippen molar-refractivity contribution in [2.45, 2.75) is 12.8 Å². The fourth-order valence-electron chi connectivity index (χ4n) is 1.85. The van der Waals surface area contributed by atoms with Gasteiger partial charge in [0.2, 0.25) is 5.91 Å². The Labute approximate surface area is 112 Å². The number of amides is 1. The molecule has 0 fully saturated rings. The van der Waals surface area contributed by atoms with Crippen molar-refractivity contribution in [3.63, 3.8) is 0 Å². The van der Waals surface area contributed by atoms with Crippen LogP contribution in [0.1, 0.15) is 11.1 Å². The third-order valence-corrected chi connectivity index (χ3v) is 2.92. The minimum atomic E-state index is 0.0492. The molecule has 0 spiro atoms. The Kier molecular flexibility index (Phi) is 4.61. The lowest BCUT2D eigenvalue weighted by Crippen LogP contribution is -2.27. The van der Waals surface area contributed by atoms with Crippen LogP contribution in [0, 0.1) is 0 Å². The lowest BCUT2D eigenvalue weighted by atomic mass is 10.1. The van der Waals surface area contributed by atoms with Gasteiger partial charge in [0.15, 0.2) is 0 Å². The van der Waals surface area contributed by atoms with Gasteiger partial charge in [0.25, 0.3) is 0 Å². The van der Waals surface area contributed by atoms with Crippen molar-refractivity contribution in [2.24, 2.45) is 0 Å². The van der Waals surface area contributed by atoms with Crippen LogP contribution in [0.5, 0.6) is 5.75 Å². The van der Waals surface area contributed by atoms with Crippen LogP contribution in [0.3, 0.4) is 0 Å². The van der Waals surface area contributed by atoms with Gasteiger partial charge in [-0.05, 0) is 35.7 Å². The maximum atomic E-state index is 11.7. The van der Waals surface area contributed by atoms with Gasteiger partial charge in [-0.1, -0.05) is 12.1 Å². The molecule has 0 saturated heterocycles. The highest BCUT2D eigenvalue weighted by Crippen LogP contribution is 2.11. The summed E-state index contributed by atoms with van der Waals surface area (Å²) in [6.45, 7) is 0.648. The van der Waals surface area contributed by atoms with E-state index in [9.17, 15) is 4.79 Å². The second-order valence-corrected chi connectivity index (χ2v) is 4.34. The molecule has 4 nitrogen and oxygen atoms in total. The average Bonchev–Trinajstić information content (AvgIpc) is 2.92. The zero-order chi connectivity index (χ0) is 13.5. The summed E-state index contributed by atoms with van der Waals surface area (Å²) in [5, 5.41) is 2.91. The van der Waals surface area contributed by atoms with Crippen LogP contribution in [-0.2, 0) is 17.6 Å². The number of nitrogens with one attached hydrogen (secondary N) is 2. The van der Waals surface area contributed by atoms with E-state index in [2.05, 4.69) is 10.3 Å². The quantitative estimate of drug-likeness (QED) is 0.831. The van der Waals surface area contributed by atoms with Crippen molar-refractivity contribution >= 4 is 5.91 Å². The molecule has 4 heteroatoms. The largest absolute Gasteiger partial charge is 0.497 e. The first kappa shape index (κ1) is 13.2. The van der Waals surface area contributed by atoms with Gasteiger partial charge >= 0.3 is 0 Å². The monoisotopic (exact) mass is 258 g/mol. The minimum Gasteiger partial charge on any atom is -0.497 e. The molecular formula is C15H18N2O2. The molecule has 0 bridgehead atoms. The molecule has 0 unspecified atom stereocenters. The minimum absolute atomic E-state index is 0.0492. The summed E-state index contributed by atoms with van der Waals surface area (Å²) in [5.74, 6) is 0.897. The van der Waals surface area contributed by atoms with Crippen LogP contribution >= 0.6 is 0 Å². The summed E-state index contributed by atoms with van der Waals surface area (Å²) in [6, 6.07) is 9.78. The maximum absolute atomic E-state index is 11.7. The molecular weight excluding hydrogens is 240 g/mol. The average molecular weight is 258 g/mol. The summed E-state index contributed by atoms with van der Waals surface area (Å²) in [5.41, 5.74) is 2.18. The van der Waals surface area contributed by atoms with E-state index in [4.69, 9.17) is 4.74 Å². The second-order valence-electron chi connectivity index (χ2n) is 4.34. The second kappa shape index (κ2) is 6.64. The highest BCUT2D eigenvalue weighted by Gasteiger charge is 2.03. The Morgan fingerprint density at radius 2 is 2.00 bits per heavy atom. The highest BCUT2D eigenvalue weighted by atomic mass is 16.5. The normalized spacial score (nSPS) is 10.2. The van der Waals surface area contributed by atoms with E-state index < -0.39 is 0 Å². The Balaban J connectivity index is 1.72. The first-order valence-corrected chi connectivity index (χ1v) is 6.29. The fraction of sp³-hybridized carbons (Fsp3) is 0.267. The van der Waals surface area contributed by atoms with E-state index in [0.29, 0.717) is 13.0 Å². The van der Waals surface area contributed by atoms with E-state index >= 15 is 0 Å². The van der Waals surface area contributed by atoms with E-state index in [-0.39, 0.29) is 5.91 Å². The number of aromatic amines is 1. The molecule has 1 amide bonds. The van der Waals surface area contributed by atoms with Gasteiger partial charge in [0.1, 0.15) is 5.75 Å². The van der Waals surface area contributed by atoms with Crippen molar-refractivity contribution < 1.29 is 9.53 Å². The van der Waals surface area contributed by atoms with Gasteiger partial charge in [0, 0.05) is 18.9 Å². The number of methoxy groups -OCH3 is 1. The molecule has 1 aromatic heterocycles. The van der Waals surface area contributed by atoms with E-state index in [0.717, 1.165) is 17.7 Å². The number of ether oxygens (including phenoxy) is 1. The smallest absolute Gasteiger partial charge is 0.224 e. The van der Waals surface area contributed by atoms with Gasteiger partial charge in [0.05, 0.1) is 13.5 Å². The zero-order valence-corrected chi connectivity index (χ0v) is 11.0. The van der Waals surface area contributed by atoms with E-state index in [1.807, 2.05) is 42.7 Å². The van der Waals surface area contributed by atoms with Crippen molar-refractivity contribution in [3.8, 4) is 5.75 Å². The Hall–Kier alpha value is -2.23. The Bertz CT molecular complexity index is 503.